The van der Waals surface area contributed by atoms with E-state index in [1.165, 1.54) is 0 Å². The third-order valence-electron chi connectivity index (χ3n) is 6.41. The summed E-state index contributed by atoms with van der Waals surface area (Å²) >= 11 is 0. The molecule has 9 heteroatoms. The molecule has 1 aromatic heterocycles. The number of alkyl carbamates (subject to hydrolysis) is 1. The largest absolute Gasteiger partial charge is 0.488 e. The summed E-state index contributed by atoms with van der Waals surface area (Å²) in [6.07, 6.45) is 4.43. The van der Waals surface area contributed by atoms with Crippen molar-refractivity contribution in [2.24, 2.45) is 5.92 Å². The Morgan fingerprint density at radius 1 is 1.03 bits per heavy atom. The number of aromatic nitrogens is 2. The van der Waals surface area contributed by atoms with Crippen molar-refractivity contribution in [3.63, 3.8) is 0 Å². The van der Waals surface area contributed by atoms with Crippen LogP contribution in [0.2, 0.25) is 18.1 Å². The molecule has 37 heavy (non-hydrogen) atoms. The van der Waals surface area contributed by atoms with Gasteiger partial charge in [0.2, 0.25) is 0 Å². The van der Waals surface area contributed by atoms with Crippen molar-refractivity contribution in [3.8, 4) is 5.75 Å². The van der Waals surface area contributed by atoms with Crippen molar-refractivity contribution < 1.29 is 23.8 Å². The molecule has 0 aliphatic rings. The van der Waals surface area contributed by atoms with E-state index in [-0.39, 0.29) is 23.3 Å². The predicted molar refractivity (Wildman–Crippen MR) is 151 cm³/mol. The molecule has 0 saturated heterocycles. The quantitative estimate of drug-likeness (QED) is 0.266. The van der Waals surface area contributed by atoms with E-state index in [9.17, 15) is 9.90 Å². The Kier molecular flexibility index (Phi) is 12.5. The number of rotatable bonds is 13. The summed E-state index contributed by atoms with van der Waals surface area (Å²) in [4.78, 5) is 21.3. The molecule has 2 N–H and O–H groups in total. The van der Waals surface area contributed by atoms with E-state index in [4.69, 9.17) is 13.9 Å². The van der Waals surface area contributed by atoms with Crippen molar-refractivity contribution in [2.45, 2.75) is 143 Å². The molecule has 0 radical (unpaired) electrons. The van der Waals surface area contributed by atoms with Gasteiger partial charge < -0.3 is 24.3 Å². The van der Waals surface area contributed by atoms with Gasteiger partial charge >= 0.3 is 6.09 Å². The Morgan fingerprint density at radius 3 is 2.05 bits per heavy atom. The minimum Gasteiger partial charge on any atom is -0.488 e. The lowest BCUT2D eigenvalue weighted by atomic mass is 9.95. The first-order valence-electron chi connectivity index (χ1n) is 13.6. The summed E-state index contributed by atoms with van der Waals surface area (Å²) < 4.78 is 18.0. The highest BCUT2D eigenvalue weighted by Crippen LogP contribution is 2.38. The fraction of sp³-hybridized carbons (Fsp3) is 0.821. The lowest BCUT2D eigenvalue weighted by molar-refractivity contribution is 0.0398. The van der Waals surface area contributed by atoms with Gasteiger partial charge in [-0.3, -0.25) is 0 Å². The van der Waals surface area contributed by atoms with Gasteiger partial charge in [-0.15, -0.1) is 0 Å². The van der Waals surface area contributed by atoms with Gasteiger partial charge in [0.25, 0.3) is 0 Å². The van der Waals surface area contributed by atoms with Crippen molar-refractivity contribution >= 4 is 14.4 Å². The van der Waals surface area contributed by atoms with Crippen LogP contribution in [0.25, 0.3) is 0 Å². The average molecular weight is 540 g/mol. The van der Waals surface area contributed by atoms with Gasteiger partial charge in [-0.2, -0.15) is 0 Å². The molecule has 0 aliphatic heterocycles. The van der Waals surface area contributed by atoms with Crippen LogP contribution < -0.4 is 10.1 Å². The SMILES string of the molecule is CC(C)C[C@@H](NC(=O)OC(C)(C)C)C(CCCC(O)c1ncc(OC(C)C)cn1)O[Si](C)(C)C(C)(C)C. The number of amides is 1. The van der Waals surface area contributed by atoms with Crippen molar-refractivity contribution in [3.05, 3.63) is 18.2 Å². The molecule has 0 spiro atoms. The van der Waals surface area contributed by atoms with Crippen LogP contribution >= 0.6 is 0 Å². The van der Waals surface area contributed by atoms with E-state index in [2.05, 4.69) is 63.0 Å². The van der Waals surface area contributed by atoms with Crippen LogP contribution in [0.5, 0.6) is 5.75 Å². The fourth-order valence-corrected chi connectivity index (χ4v) is 5.03. The Labute approximate surface area is 226 Å². The molecule has 0 aromatic carbocycles. The van der Waals surface area contributed by atoms with E-state index < -0.39 is 26.1 Å². The number of hydrogen-bond donors (Lipinski definition) is 2. The summed E-state index contributed by atoms with van der Waals surface area (Å²) in [5.74, 6) is 1.32. The van der Waals surface area contributed by atoms with Crippen LogP contribution in [-0.4, -0.2) is 53.3 Å². The highest BCUT2D eigenvalue weighted by molar-refractivity contribution is 6.74. The number of nitrogens with zero attached hydrogens (tertiary/aromatic N) is 2. The molecule has 1 rings (SSSR count). The Hall–Kier alpha value is -1.71. The topological polar surface area (TPSA) is 103 Å². The van der Waals surface area contributed by atoms with Crippen LogP contribution in [0, 0.1) is 5.92 Å². The zero-order chi connectivity index (χ0) is 28.6. The maximum absolute atomic E-state index is 12.7. The number of carbonyl (C=O) groups is 1. The van der Waals surface area contributed by atoms with E-state index >= 15 is 0 Å². The van der Waals surface area contributed by atoms with E-state index in [1.807, 2.05) is 34.6 Å². The molecule has 2 unspecified atom stereocenters. The highest BCUT2D eigenvalue weighted by atomic mass is 28.4. The maximum atomic E-state index is 12.7. The second-order valence-electron chi connectivity index (χ2n) is 13.2. The average Bonchev–Trinajstić information content (AvgIpc) is 2.69. The standard InChI is InChI=1S/C28H53N3O5Si/c1-19(2)16-22(31-26(33)35-27(5,6)7)24(36-37(11,12)28(8,9)10)15-13-14-23(32)25-29-17-21(18-30-25)34-20(3)4/h17-20,22-24,32H,13-16H2,1-12H3,(H,31,33)/t22-,23?,24?/m1/s1. The van der Waals surface area contributed by atoms with Crippen LogP contribution in [0.1, 0.15) is 107 Å². The smallest absolute Gasteiger partial charge is 0.407 e. The number of aliphatic hydroxyl groups is 1. The van der Waals surface area contributed by atoms with Crippen LogP contribution in [-0.2, 0) is 9.16 Å². The summed E-state index contributed by atoms with van der Waals surface area (Å²) in [5.41, 5.74) is -0.581. The number of carbonyl (C=O) groups excluding carboxylic acids is 1. The van der Waals surface area contributed by atoms with Crippen LogP contribution in [0.15, 0.2) is 12.4 Å². The van der Waals surface area contributed by atoms with Gasteiger partial charge in [0, 0.05) is 0 Å². The van der Waals surface area contributed by atoms with Crippen molar-refractivity contribution in [1.29, 1.82) is 0 Å². The van der Waals surface area contributed by atoms with Gasteiger partial charge in [-0.25, -0.2) is 14.8 Å². The summed E-state index contributed by atoms with van der Waals surface area (Å²) in [5, 5.41) is 13.9. The molecule has 0 saturated carbocycles. The molecule has 1 amide bonds. The molecule has 1 aromatic rings. The van der Waals surface area contributed by atoms with Crippen molar-refractivity contribution in [2.75, 3.05) is 0 Å². The molecule has 8 nitrogen and oxygen atoms in total. The Bertz CT molecular complexity index is 817. The van der Waals surface area contributed by atoms with Gasteiger partial charge in [0.15, 0.2) is 19.9 Å². The molecule has 3 atom stereocenters. The first-order chi connectivity index (χ1) is 16.8. The maximum Gasteiger partial charge on any atom is 0.407 e. The van der Waals surface area contributed by atoms with Gasteiger partial charge in [-0.1, -0.05) is 34.6 Å². The third kappa shape index (κ3) is 12.6. The number of hydrogen-bond acceptors (Lipinski definition) is 7. The summed E-state index contributed by atoms with van der Waals surface area (Å²) in [7, 11) is -2.13. The van der Waals surface area contributed by atoms with Crippen molar-refractivity contribution in [1.82, 2.24) is 15.3 Å². The second-order valence-corrected chi connectivity index (χ2v) is 17.9. The number of aliphatic hydroxyl groups excluding tert-OH is 1. The van der Waals surface area contributed by atoms with Crippen LogP contribution in [0.4, 0.5) is 4.79 Å². The van der Waals surface area contributed by atoms with Crippen LogP contribution in [0.3, 0.4) is 0 Å². The minimum atomic E-state index is -2.13. The fourth-order valence-electron chi connectivity index (χ4n) is 3.64. The minimum absolute atomic E-state index is 0.0205. The van der Waals surface area contributed by atoms with Gasteiger partial charge in [0.05, 0.1) is 30.6 Å². The lowest BCUT2D eigenvalue weighted by Crippen LogP contribution is -2.52. The molecule has 0 aliphatic carbocycles. The Morgan fingerprint density at radius 2 is 1.59 bits per heavy atom. The van der Waals surface area contributed by atoms with E-state index in [0.717, 1.165) is 6.42 Å². The normalized spacial score (nSPS) is 15.4. The predicted octanol–water partition coefficient (Wildman–Crippen LogP) is 6.80. The molecular weight excluding hydrogens is 486 g/mol. The highest BCUT2D eigenvalue weighted by Gasteiger charge is 2.41. The zero-order valence-corrected chi connectivity index (χ0v) is 26.3. The molecule has 0 fully saturated rings. The summed E-state index contributed by atoms with van der Waals surface area (Å²) in [6, 6.07) is -0.204. The summed E-state index contributed by atoms with van der Waals surface area (Å²) in [6.45, 7) is 24.8. The Balaban J connectivity index is 3.02. The second kappa shape index (κ2) is 13.9. The van der Waals surface area contributed by atoms with E-state index in [1.54, 1.807) is 12.4 Å². The first-order valence-corrected chi connectivity index (χ1v) is 16.6. The van der Waals surface area contributed by atoms with Gasteiger partial charge in [-0.05, 0) is 84.4 Å². The molecule has 1 heterocycles. The number of nitrogens with one attached hydrogen (secondary N) is 1. The number of ether oxygens (including phenoxy) is 2. The molecule has 214 valence electrons. The molecular formula is C28H53N3O5Si. The zero-order valence-electron chi connectivity index (χ0n) is 25.3. The first kappa shape index (κ1) is 33.3. The molecule has 0 bridgehead atoms. The monoisotopic (exact) mass is 539 g/mol. The van der Waals surface area contributed by atoms with Gasteiger partial charge in [0.1, 0.15) is 11.7 Å². The lowest BCUT2D eigenvalue weighted by Gasteiger charge is -2.42. The third-order valence-corrected chi connectivity index (χ3v) is 10.9. The van der Waals surface area contributed by atoms with E-state index in [0.29, 0.717) is 36.8 Å².